The van der Waals surface area contributed by atoms with Crippen LogP contribution in [0.1, 0.15) is 33.6 Å². The zero-order valence-electron chi connectivity index (χ0n) is 12.4. The number of carbonyl (C=O) groups excluding carboxylic acids is 2. The summed E-state index contributed by atoms with van der Waals surface area (Å²) in [5.41, 5.74) is 0.229. The van der Waals surface area contributed by atoms with Gasteiger partial charge in [0.15, 0.2) is 0 Å². The van der Waals surface area contributed by atoms with Crippen molar-refractivity contribution in [3.63, 3.8) is 0 Å². The van der Waals surface area contributed by atoms with Crippen molar-refractivity contribution in [2.24, 2.45) is 0 Å². The molecule has 1 aromatic heterocycles. The van der Waals surface area contributed by atoms with Gasteiger partial charge >= 0.3 is 5.97 Å². The van der Waals surface area contributed by atoms with Crippen molar-refractivity contribution in [3.05, 3.63) is 29.6 Å². The van der Waals surface area contributed by atoms with Gasteiger partial charge in [-0.2, -0.15) is 0 Å². The second-order valence-electron chi connectivity index (χ2n) is 5.81. The van der Waals surface area contributed by atoms with Crippen molar-refractivity contribution in [1.29, 1.82) is 0 Å². The van der Waals surface area contributed by atoms with E-state index in [2.05, 4.69) is 5.32 Å². The lowest BCUT2D eigenvalue weighted by Crippen LogP contribution is -2.24. The van der Waals surface area contributed by atoms with Gasteiger partial charge in [0.2, 0.25) is 5.91 Å². The number of thiophene rings is 1. The molecule has 2 aromatic rings. The molecule has 1 heterocycles. The molecule has 0 bridgehead atoms. The summed E-state index contributed by atoms with van der Waals surface area (Å²) >= 11 is 1.66. The number of amides is 1. The van der Waals surface area contributed by atoms with Crippen molar-refractivity contribution in [1.82, 2.24) is 0 Å². The monoisotopic (exact) mass is 305 g/mol. The molecule has 1 aromatic carbocycles. The molecule has 1 amide bonds. The first-order chi connectivity index (χ1) is 9.83. The fourth-order valence-corrected chi connectivity index (χ4v) is 2.65. The highest BCUT2D eigenvalue weighted by molar-refractivity contribution is 7.17. The van der Waals surface area contributed by atoms with Crippen LogP contribution in [-0.4, -0.2) is 17.5 Å². The third-order valence-electron chi connectivity index (χ3n) is 2.71. The summed E-state index contributed by atoms with van der Waals surface area (Å²) in [6, 6.07) is 7.78. The number of anilines is 1. The number of fused-ring (bicyclic) bond motifs is 1. The van der Waals surface area contributed by atoms with E-state index in [0.29, 0.717) is 0 Å². The lowest BCUT2D eigenvalue weighted by atomic mass is 10.2. The van der Waals surface area contributed by atoms with Gasteiger partial charge in [-0.15, -0.1) is 11.3 Å². The van der Waals surface area contributed by atoms with Crippen molar-refractivity contribution < 1.29 is 14.3 Å². The Morgan fingerprint density at radius 3 is 2.67 bits per heavy atom. The molecule has 0 atom stereocenters. The SMILES string of the molecule is CC(C)(C)OC(=O)CCC(=O)Nc1ccc2sccc2c1. The van der Waals surface area contributed by atoms with Crippen LogP contribution in [0.5, 0.6) is 0 Å². The normalized spacial score (nSPS) is 11.4. The second-order valence-corrected chi connectivity index (χ2v) is 6.76. The molecule has 0 fully saturated rings. The molecule has 0 aliphatic carbocycles. The van der Waals surface area contributed by atoms with Crippen LogP contribution in [0.15, 0.2) is 29.6 Å². The van der Waals surface area contributed by atoms with E-state index in [1.165, 1.54) is 4.70 Å². The summed E-state index contributed by atoms with van der Waals surface area (Å²) in [6.07, 6.45) is 0.209. The van der Waals surface area contributed by atoms with E-state index in [4.69, 9.17) is 4.74 Å². The third kappa shape index (κ3) is 4.86. The molecule has 0 saturated heterocycles. The largest absolute Gasteiger partial charge is 0.460 e. The fourth-order valence-electron chi connectivity index (χ4n) is 1.88. The molecule has 21 heavy (non-hydrogen) atoms. The molecule has 0 aliphatic heterocycles. The van der Waals surface area contributed by atoms with Gasteiger partial charge in [0.25, 0.3) is 0 Å². The molecular weight excluding hydrogens is 286 g/mol. The zero-order valence-corrected chi connectivity index (χ0v) is 13.3. The molecule has 1 N–H and O–H groups in total. The number of nitrogens with one attached hydrogen (secondary N) is 1. The summed E-state index contributed by atoms with van der Waals surface area (Å²) in [4.78, 5) is 23.4. The number of hydrogen-bond donors (Lipinski definition) is 1. The number of carbonyl (C=O) groups is 2. The second kappa shape index (κ2) is 6.26. The Labute approximate surface area is 128 Å². The Kier molecular flexibility index (Phi) is 4.63. The number of ether oxygens (including phenoxy) is 1. The van der Waals surface area contributed by atoms with Gasteiger partial charge in [0.05, 0.1) is 6.42 Å². The summed E-state index contributed by atoms with van der Waals surface area (Å²) in [6.45, 7) is 5.42. The van der Waals surface area contributed by atoms with Crippen LogP contribution in [-0.2, 0) is 14.3 Å². The van der Waals surface area contributed by atoms with Gasteiger partial charge in [-0.25, -0.2) is 0 Å². The van der Waals surface area contributed by atoms with Gasteiger partial charge in [-0.05, 0) is 55.8 Å². The molecule has 0 aliphatic rings. The van der Waals surface area contributed by atoms with Crippen molar-refractivity contribution >= 4 is 39.0 Å². The Hall–Kier alpha value is -1.88. The molecule has 2 rings (SSSR count). The van der Waals surface area contributed by atoms with E-state index < -0.39 is 5.60 Å². The van der Waals surface area contributed by atoms with E-state index in [0.717, 1.165) is 11.1 Å². The first kappa shape index (κ1) is 15.5. The molecule has 0 spiro atoms. The standard InChI is InChI=1S/C16H19NO3S/c1-16(2,3)20-15(19)7-6-14(18)17-12-4-5-13-11(10-12)8-9-21-13/h4-5,8-10H,6-7H2,1-3H3,(H,17,18). The maximum Gasteiger partial charge on any atom is 0.306 e. The lowest BCUT2D eigenvalue weighted by Gasteiger charge is -2.19. The van der Waals surface area contributed by atoms with E-state index in [9.17, 15) is 9.59 Å². The predicted octanol–water partition coefficient (Wildman–Crippen LogP) is 3.96. The van der Waals surface area contributed by atoms with Crippen LogP contribution in [0.2, 0.25) is 0 Å². The van der Waals surface area contributed by atoms with Crippen LogP contribution in [0.3, 0.4) is 0 Å². The van der Waals surface area contributed by atoms with Crippen LogP contribution in [0.4, 0.5) is 5.69 Å². The number of esters is 1. The van der Waals surface area contributed by atoms with Crippen LogP contribution in [0.25, 0.3) is 10.1 Å². The first-order valence-corrected chi connectivity index (χ1v) is 7.70. The van der Waals surface area contributed by atoms with E-state index >= 15 is 0 Å². The molecule has 0 radical (unpaired) electrons. The third-order valence-corrected chi connectivity index (χ3v) is 3.61. The first-order valence-electron chi connectivity index (χ1n) is 6.82. The minimum absolute atomic E-state index is 0.0871. The minimum atomic E-state index is -0.516. The summed E-state index contributed by atoms with van der Waals surface area (Å²) in [5.74, 6) is -0.540. The van der Waals surface area contributed by atoms with E-state index in [1.807, 2.05) is 29.6 Å². The average molecular weight is 305 g/mol. The quantitative estimate of drug-likeness (QED) is 0.870. The zero-order chi connectivity index (χ0) is 15.5. The van der Waals surface area contributed by atoms with Gasteiger partial charge in [-0.1, -0.05) is 0 Å². The van der Waals surface area contributed by atoms with E-state index in [1.54, 1.807) is 32.1 Å². The van der Waals surface area contributed by atoms with Crippen molar-refractivity contribution in [2.75, 3.05) is 5.32 Å². The highest BCUT2D eigenvalue weighted by atomic mass is 32.1. The Morgan fingerprint density at radius 2 is 1.95 bits per heavy atom. The molecule has 0 unspecified atom stereocenters. The Balaban J connectivity index is 1.85. The van der Waals surface area contributed by atoms with Gasteiger partial charge < -0.3 is 10.1 Å². The fraction of sp³-hybridized carbons (Fsp3) is 0.375. The predicted molar refractivity (Wildman–Crippen MR) is 85.5 cm³/mol. The minimum Gasteiger partial charge on any atom is -0.460 e. The van der Waals surface area contributed by atoms with Crippen LogP contribution >= 0.6 is 11.3 Å². The van der Waals surface area contributed by atoms with Crippen LogP contribution in [0, 0.1) is 0 Å². The Morgan fingerprint density at radius 1 is 1.19 bits per heavy atom. The Bertz CT molecular complexity index is 655. The smallest absolute Gasteiger partial charge is 0.306 e. The van der Waals surface area contributed by atoms with E-state index in [-0.39, 0.29) is 24.7 Å². The van der Waals surface area contributed by atoms with Gasteiger partial charge in [0.1, 0.15) is 5.60 Å². The average Bonchev–Trinajstić information content (AvgIpc) is 2.81. The highest BCUT2D eigenvalue weighted by Crippen LogP contribution is 2.24. The topological polar surface area (TPSA) is 55.4 Å². The lowest BCUT2D eigenvalue weighted by molar-refractivity contribution is -0.155. The number of hydrogen-bond acceptors (Lipinski definition) is 4. The maximum absolute atomic E-state index is 11.8. The van der Waals surface area contributed by atoms with Crippen molar-refractivity contribution in [3.8, 4) is 0 Å². The van der Waals surface area contributed by atoms with Crippen molar-refractivity contribution in [2.45, 2.75) is 39.2 Å². The van der Waals surface area contributed by atoms with Gasteiger partial charge in [-0.3, -0.25) is 9.59 Å². The summed E-state index contributed by atoms with van der Waals surface area (Å²) in [5, 5.41) is 5.91. The maximum atomic E-state index is 11.8. The van der Waals surface area contributed by atoms with Gasteiger partial charge in [0, 0.05) is 16.8 Å². The number of benzene rings is 1. The molecule has 0 saturated carbocycles. The molecule has 5 heteroatoms. The molecular formula is C16H19NO3S. The highest BCUT2D eigenvalue weighted by Gasteiger charge is 2.17. The molecule has 4 nitrogen and oxygen atoms in total. The summed E-state index contributed by atoms with van der Waals surface area (Å²) < 4.78 is 6.35. The van der Waals surface area contributed by atoms with Crippen LogP contribution < -0.4 is 5.32 Å². The number of rotatable bonds is 4. The summed E-state index contributed by atoms with van der Waals surface area (Å²) in [7, 11) is 0. The molecule has 112 valence electrons.